The molecular formula is C24H24N4. The molecule has 28 heavy (non-hydrogen) atoms. The summed E-state index contributed by atoms with van der Waals surface area (Å²) >= 11 is 0. The van der Waals surface area contributed by atoms with Gasteiger partial charge in [-0.1, -0.05) is 42.5 Å². The summed E-state index contributed by atoms with van der Waals surface area (Å²) in [6.07, 6.45) is 0. The van der Waals surface area contributed by atoms with Gasteiger partial charge < -0.3 is 10.2 Å². The first kappa shape index (κ1) is 17.0. The minimum atomic E-state index is 1.06. The summed E-state index contributed by atoms with van der Waals surface area (Å²) in [5, 5.41) is 9.38. The number of anilines is 1. The number of hydrogen-bond donors (Lipinski definition) is 1. The van der Waals surface area contributed by atoms with Crippen molar-refractivity contribution in [2.45, 2.75) is 6.92 Å². The molecule has 5 rings (SSSR count). The average molecular weight is 368 g/mol. The lowest BCUT2D eigenvalue weighted by Crippen LogP contribution is -2.43. The van der Waals surface area contributed by atoms with Crippen molar-refractivity contribution in [3.63, 3.8) is 0 Å². The van der Waals surface area contributed by atoms with E-state index in [9.17, 15) is 0 Å². The third-order valence-corrected chi connectivity index (χ3v) is 5.55. The molecule has 1 saturated heterocycles. The van der Waals surface area contributed by atoms with E-state index < -0.39 is 0 Å². The zero-order chi connectivity index (χ0) is 18.9. The third-order valence-electron chi connectivity index (χ3n) is 5.55. The molecule has 0 bridgehead atoms. The first-order chi connectivity index (χ1) is 13.8. The normalized spacial score (nSPS) is 14.5. The highest BCUT2D eigenvalue weighted by Crippen LogP contribution is 2.29. The third kappa shape index (κ3) is 3.06. The van der Waals surface area contributed by atoms with Crippen molar-refractivity contribution in [1.82, 2.24) is 15.1 Å². The number of nitrogens with one attached hydrogen (secondary N) is 1. The van der Waals surface area contributed by atoms with Crippen LogP contribution in [-0.4, -0.2) is 36.0 Å². The van der Waals surface area contributed by atoms with Crippen LogP contribution < -0.4 is 10.2 Å². The maximum absolute atomic E-state index is 4.77. The van der Waals surface area contributed by atoms with Gasteiger partial charge in [0.1, 0.15) is 0 Å². The molecule has 4 heteroatoms. The van der Waals surface area contributed by atoms with E-state index in [1.807, 2.05) is 10.7 Å². The standard InChI is InChI=1S/C24H24N4/c1-18-23-12-9-20(17-24(23)28(26-18)22-5-3-2-4-6-22)19-7-10-21(11-8-19)27-15-13-25-14-16-27/h2-12,17,25H,13-16H2,1H3. The Morgan fingerprint density at radius 1 is 0.786 bits per heavy atom. The Labute approximate surface area is 165 Å². The maximum Gasteiger partial charge on any atom is 0.0750 e. The number of benzene rings is 3. The van der Waals surface area contributed by atoms with Gasteiger partial charge in [0.05, 0.1) is 16.9 Å². The molecule has 0 radical (unpaired) electrons. The van der Waals surface area contributed by atoms with E-state index in [4.69, 9.17) is 5.10 Å². The molecule has 0 amide bonds. The lowest BCUT2D eigenvalue weighted by atomic mass is 10.0. The molecule has 1 aliphatic rings. The Kier molecular flexibility index (Phi) is 4.34. The molecule has 1 aliphatic heterocycles. The fourth-order valence-corrected chi connectivity index (χ4v) is 4.00. The van der Waals surface area contributed by atoms with Crippen LogP contribution in [0.15, 0.2) is 72.8 Å². The van der Waals surface area contributed by atoms with Crippen LogP contribution in [0.2, 0.25) is 0 Å². The average Bonchev–Trinajstić information content (AvgIpc) is 3.11. The summed E-state index contributed by atoms with van der Waals surface area (Å²) in [5.74, 6) is 0. The number of rotatable bonds is 3. The van der Waals surface area contributed by atoms with Gasteiger partial charge >= 0.3 is 0 Å². The molecule has 1 aromatic heterocycles. The number of piperazine rings is 1. The van der Waals surface area contributed by atoms with Gasteiger partial charge in [-0.25, -0.2) is 4.68 Å². The molecule has 4 nitrogen and oxygen atoms in total. The SMILES string of the molecule is Cc1nn(-c2ccccc2)c2cc(-c3ccc(N4CCNCC4)cc3)ccc12. The zero-order valence-corrected chi connectivity index (χ0v) is 16.1. The molecule has 2 heterocycles. The van der Waals surface area contributed by atoms with Gasteiger partial charge in [-0.15, -0.1) is 0 Å². The Hall–Kier alpha value is -3.11. The van der Waals surface area contributed by atoms with Crippen LogP contribution in [0.4, 0.5) is 5.69 Å². The maximum atomic E-state index is 4.77. The lowest BCUT2D eigenvalue weighted by Gasteiger charge is -2.29. The van der Waals surface area contributed by atoms with Gasteiger partial charge in [0, 0.05) is 37.3 Å². The van der Waals surface area contributed by atoms with E-state index in [0.29, 0.717) is 0 Å². The Bertz CT molecular complexity index is 1090. The number of hydrogen-bond acceptors (Lipinski definition) is 3. The van der Waals surface area contributed by atoms with Crippen molar-refractivity contribution in [2.75, 3.05) is 31.1 Å². The fourth-order valence-electron chi connectivity index (χ4n) is 4.00. The van der Waals surface area contributed by atoms with Crippen molar-refractivity contribution >= 4 is 16.6 Å². The summed E-state index contributed by atoms with van der Waals surface area (Å²) in [7, 11) is 0. The van der Waals surface area contributed by atoms with E-state index in [-0.39, 0.29) is 0 Å². The van der Waals surface area contributed by atoms with E-state index in [1.165, 1.54) is 22.2 Å². The first-order valence-corrected chi connectivity index (χ1v) is 9.90. The minimum absolute atomic E-state index is 1.06. The zero-order valence-electron chi connectivity index (χ0n) is 16.1. The second kappa shape index (κ2) is 7.13. The van der Waals surface area contributed by atoms with E-state index in [1.54, 1.807) is 0 Å². The molecule has 140 valence electrons. The second-order valence-electron chi connectivity index (χ2n) is 7.35. The van der Waals surface area contributed by atoms with Crippen LogP contribution in [0.5, 0.6) is 0 Å². The molecule has 0 spiro atoms. The topological polar surface area (TPSA) is 33.1 Å². The van der Waals surface area contributed by atoms with E-state index in [2.05, 4.69) is 83.9 Å². The molecule has 0 saturated carbocycles. The van der Waals surface area contributed by atoms with Crippen molar-refractivity contribution < 1.29 is 0 Å². The molecule has 3 aromatic carbocycles. The van der Waals surface area contributed by atoms with E-state index in [0.717, 1.165) is 43.1 Å². The summed E-state index contributed by atoms with van der Waals surface area (Å²) < 4.78 is 2.04. The predicted molar refractivity (Wildman–Crippen MR) is 116 cm³/mol. The van der Waals surface area contributed by atoms with E-state index >= 15 is 0 Å². The largest absolute Gasteiger partial charge is 0.369 e. The Morgan fingerprint density at radius 3 is 2.25 bits per heavy atom. The highest BCUT2D eigenvalue weighted by Gasteiger charge is 2.12. The van der Waals surface area contributed by atoms with Crippen molar-refractivity contribution in [3.8, 4) is 16.8 Å². The molecule has 1 N–H and O–H groups in total. The van der Waals surface area contributed by atoms with Crippen LogP contribution in [0, 0.1) is 6.92 Å². The van der Waals surface area contributed by atoms with Gasteiger partial charge in [0.15, 0.2) is 0 Å². The van der Waals surface area contributed by atoms with Gasteiger partial charge in [-0.05, 0) is 48.4 Å². The van der Waals surface area contributed by atoms with Crippen LogP contribution >= 0.6 is 0 Å². The Balaban J connectivity index is 1.52. The number of fused-ring (bicyclic) bond motifs is 1. The molecular weight excluding hydrogens is 344 g/mol. The van der Waals surface area contributed by atoms with Crippen LogP contribution in [-0.2, 0) is 0 Å². The summed E-state index contributed by atoms with van der Waals surface area (Å²) in [6.45, 7) is 6.33. The van der Waals surface area contributed by atoms with Crippen LogP contribution in [0.25, 0.3) is 27.7 Å². The summed E-state index contributed by atoms with van der Waals surface area (Å²) in [4.78, 5) is 2.44. The number of nitrogens with zero attached hydrogens (tertiary/aromatic N) is 3. The highest BCUT2D eigenvalue weighted by molar-refractivity contribution is 5.88. The Morgan fingerprint density at radius 2 is 1.50 bits per heavy atom. The fraction of sp³-hybridized carbons (Fsp3) is 0.208. The molecule has 4 aromatic rings. The van der Waals surface area contributed by atoms with Crippen LogP contribution in [0.3, 0.4) is 0 Å². The van der Waals surface area contributed by atoms with Crippen molar-refractivity contribution in [1.29, 1.82) is 0 Å². The lowest BCUT2D eigenvalue weighted by molar-refractivity contribution is 0.589. The minimum Gasteiger partial charge on any atom is -0.369 e. The number of aryl methyl sites for hydroxylation is 1. The monoisotopic (exact) mass is 368 g/mol. The van der Waals surface area contributed by atoms with Crippen molar-refractivity contribution in [3.05, 3.63) is 78.5 Å². The molecule has 0 unspecified atom stereocenters. The van der Waals surface area contributed by atoms with Gasteiger partial charge in [-0.2, -0.15) is 5.10 Å². The van der Waals surface area contributed by atoms with Gasteiger partial charge in [0.25, 0.3) is 0 Å². The molecule has 1 fully saturated rings. The smallest absolute Gasteiger partial charge is 0.0750 e. The first-order valence-electron chi connectivity index (χ1n) is 9.90. The summed E-state index contributed by atoms with van der Waals surface area (Å²) in [5.41, 5.74) is 7.05. The molecule has 0 aliphatic carbocycles. The van der Waals surface area contributed by atoms with Crippen molar-refractivity contribution in [2.24, 2.45) is 0 Å². The highest BCUT2D eigenvalue weighted by atomic mass is 15.3. The van der Waals surface area contributed by atoms with Crippen LogP contribution in [0.1, 0.15) is 5.69 Å². The quantitative estimate of drug-likeness (QED) is 0.581. The number of aromatic nitrogens is 2. The summed E-state index contributed by atoms with van der Waals surface area (Å²) in [6, 6.07) is 25.9. The van der Waals surface area contributed by atoms with Gasteiger partial charge in [0.2, 0.25) is 0 Å². The number of para-hydroxylation sites is 1. The second-order valence-corrected chi connectivity index (χ2v) is 7.35. The molecule has 0 atom stereocenters. The van der Waals surface area contributed by atoms with Gasteiger partial charge in [-0.3, -0.25) is 0 Å². The predicted octanol–water partition coefficient (Wildman–Crippen LogP) is 4.41.